The lowest BCUT2D eigenvalue weighted by molar-refractivity contribution is -0.127. The van der Waals surface area contributed by atoms with Crippen LogP contribution in [0.25, 0.3) is 0 Å². The predicted molar refractivity (Wildman–Crippen MR) is 178 cm³/mol. The summed E-state index contributed by atoms with van der Waals surface area (Å²) < 4.78 is 16.5. The van der Waals surface area contributed by atoms with Crippen molar-refractivity contribution in [3.05, 3.63) is 29.8 Å². The Morgan fingerprint density at radius 1 is 0.911 bits per heavy atom. The van der Waals surface area contributed by atoms with Gasteiger partial charge in [-0.25, -0.2) is 4.79 Å². The van der Waals surface area contributed by atoms with Crippen molar-refractivity contribution in [3.8, 4) is 5.75 Å². The van der Waals surface area contributed by atoms with Crippen molar-refractivity contribution in [1.29, 1.82) is 0 Å². The molecule has 10 heteroatoms. The summed E-state index contributed by atoms with van der Waals surface area (Å²) >= 11 is 0. The van der Waals surface area contributed by atoms with Crippen molar-refractivity contribution >= 4 is 17.9 Å². The summed E-state index contributed by atoms with van der Waals surface area (Å²) in [6, 6.07) is 6.45. The molecule has 0 radical (unpaired) electrons. The molecule has 0 aliphatic carbocycles. The first-order valence-corrected chi connectivity index (χ1v) is 16.6. The van der Waals surface area contributed by atoms with Gasteiger partial charge in [-0.15, -0.1) is 0 Å². The average Bonchev–Trinajstić information content (AvgIpc) is 2.95. The van der Waals surface area contributed by atoms with Crippen molar-refractivity contribution in [2.75, 3.05) is 33.4 Å². The number of carbonyl (C=O) groups is 3. The van der Waals surface area contributed by atoms with E-state index in [0.717, 1.165) is 25.7 Å². The van der Waals surface area contributed by atoms with Gasteiger partial charge in [0.05, 0.1) is 24.3 Å². The van der Waals surface area contributed by atoms with Crippen LogP contribution in [0.15, 0.2) is 24.3 Å². The summed E-state index contributed by atoms with van der Waals surface area (Å²) in [7, 11) is 1.66. The van der Waals surface area contributed by atoms with E-state index in [0.29, 0.717) is 44.0 Å². The van der Waals surface area contributed by atoms with Gasteiger partial charge in [-0.05, 0) is 82.8 Å². The number of methoxy groups -OCH3 is 1. The second kappa shape index (κ2) is 21.0. The number of nitrogens with one attached hydrogen (secondary N) is 3. The predicted octanol–water partition coefficient (Wildman–Crippen LogP) is 5.72. The number of aliphatic hydroxyl groups is 1. The van der Waals surface area contributed by atoms with E-state index >= 15 is 0 Å². The second-order valence-corrected chi connectivity index (χ2v) is 13.5. The third-order valence-corrected chi connectivity index (χ3v) is 7.79. The summed E-state index contributed by atoms with van der Waals surface area (Å²) in [5.74, 6) is -0.249. The lowest BCUT2D eigenvalue weighted by atomic mass is 9.82. The molecule has 0 fully saturated rings. The van der Waals surface area contributed by atoms with E-state index in [1.54, 1.807) is 46.1 Å². The highest BCUT2D eigenvalue weighted by atomic mass is 16.6. The third kappa shape index (κ3) is 16.3. The fourth-order valence-electron chi connectivity index (χ4n) is 4.94. The van der Waals surface area contributed by atoms with Crippen molar-refractivity contribution in [3.63, 3.8) is 0 Å². The Morgan fingerprint density at radius 3 is 2.18 bits per heavy atom. The van der Waals surface area contributed by atoms with Gasteiger partial charge in [-0.2, -0.15) is 0 Å². The van der Waals surface area contributed by atoms with Gasteiger partial charge in [0.2, 0.25) is 5.91 Å². The van der Waals surface area contributed by atoms with E-state index in [2.05, 4.69) is 22.9 Å². The zero-order valence-corrected chi connectivity index (χ0v) is 29.2. The monoisotopic (exact) mass is 635 g/mol. The maximum Gasteiger partial charge on any atom is 0.407 e. The molecule has 45 heavy (non-hydrogen) atoms. The van der Waals surface area contributed by atoms with Crippen LogP contribution in [0.5, 0.6) is 5.75 Å². The SMILES string of the molecule is CCCCNC(=O)[C@@H](C[C@H](O)[C@H](C[C@H](CNC(=O)c1ccccc1OCCCCOC)C(C)C)NC(=O)OC(C)(C)C)C(C)C. The smallest absolute Gasteiger partial charge is 0.407 e. The minimum atomic E-state index is -1.01. The minimum Gasteiger partial charge on any atom is -0.493 e. The van der Waals surface area contributed by atoms with Gasteiger partial charge in [0.15, 0.2) is 0 Å². The summed E-state index contributed by atoms with van der Waals surface area (Å²) in [6.45, 7) is 17.5. The topological polar surface area (TPSA) is 135 Å². The Hall–Kier alpha value is -2.85. The molecule has 4 N–H and O–H groups in total. The van der Waals surface area contributed by atoms with Crippen LogP contribution < -0.4 is 20.7 Å². The van der Waals surface area contributed by atoms with Gasteiger partial charge in [0.25, 0.3) is 5.91 Å². The van der Waals surface area contributed by atoms with Crippen LogP contribution >= 0.6 is 0 Å². The molecule has 0 unspecified atom stereocenters. The molecule has 0 aliphatic rings. The number of para-hydroxylation sites is 1. The molecular formula is C35H61N3O7. The summed E-state index contributed by atoms with van der Waals surface area (Å²) in [5, 5.41) is 20.4. The lowest BCUT2D eigenvalue weighted by Crippen LogP contribution is -2.49. The van der Waals surface area contributed by atoms with Crippen molar-refractivity contribution in [2.24, 2.45) is 23.7 Å². The van der Waals surface area contributed by atoms with Crippen LogP contribution in [0.1, 0.15) is 104 Å². The normalized spacial score (nSPS) is 14.4. The van der Waals surface area contributed by atoms with Gasteiger partial charge in [0, 0.05) is 32.7 Å². The molecule has 3 amide bonds. The fraction of sp³-hybridized carbons (Fsp3) is 0.743. The highest BCUT2D eigenvalue weighted by Gasteiger charge is 2.33. The molecule has 258 valence electrons. The number of amides is 3. The Morgan fingerprint density at radius 2 is 1.58 bits per heavy atom. The Balaban J connectivity index is 3.07. The third-order valence-electron chi connectivity index (χ3n) is 7.79. The molecule has 0 aromatic heterocycles. The van der Waals surface area contributed by atoms with E-state index < -0.39 is 29.8 Å². The summed E-state index contributed by atoms with van der Waals surface area (Å²) in [6.07, 6.45) is 2.44. The van der Waals surface area contributed by atoms with Crippen LogP contribution in [0.2, 0.25) is 0 Å². The summed E-state index contributed by atoms with van der Waals surface area (Å²) in [4.78, 5) is 39.2. The number of hydrogen-bond acceptors (Lipinski definition) is 7. The molecule has 0 saturated carbocycles. The van der Waals surface area contributed by atoms with Crippen LogP contribution in [0, 0.1) is 23.7 Å². The minimum absolute atomic E-state index is 0.00842. The Bertz CT molecular complexity index is 1010. The van der Waals surface area contributed by atoms with E-state index in [4.69, 9.17) is 14.2 Å². The number of aliphatic hydroxyl groups excluding tert-OH is 1. The zero-order chi connectivity index (χ0) is 34.0. The molecule has 0 saturated heterocycles. The molecular weight excluding hydrogens is 574 g/mol. The van der Waals surface area contributed by atoms with Gasteiger partial charge in [0.1, 0.15) is 11.4 Å². The van der Waals surface area contributed by atoms with Crippen LogP contribution in [-0.2, 0) is 14.3 Å². The standard InChI is InChI=1S/C35H61N3O7/c1-10-11-18-36-33(41)28(25(4)5)22-30(39)29(38-34(42)45-35(6,7)8)21-26(24(2)3)23-37-32(40)27-16-12-13-17-31(27)44-20-15-14-19-43-9/h12-13,16-17,24-26,28-30,39H,10-11,14-15,18-23H2,1-9H3,(H,36,41)(H,37,40)(H,38,42)/t26-,28+,29+,30+/m1/s1. The molecule has 0 aliphatic heterocycles. The Labute approximate surface area is 271 Å². The molecule has 10 nitrogen and oxygen atoms in total. The maximum atomic E-state index is 13.3. The van der Waals surface area contributed by atoms with Crippen molar-refractivity contribution in [1.82, 2.24) is 16.0 Å². The Kier molecular flexibility index (Phi) is 18.8. The maximum absolute atomic E-state index is 13.3. The van der Waals surface area contributed by atoms with Crippen molar-refractivity contribution < 1.29 is 33.7 Å². The average molecular weight is 636 g/mol. The number of rotatable bonds is 21. The molecule has 0 bridgehead atoms. The van der Waals surface area contributed by atoms with Gasteiger partial charge in [-0.1, -0.05) is 53.2 Å². The number of benzene rings is 1. The fourth-order valence-corrected chi connectivity index (χ4v) is 4.94. The number of hydrogen-bond donors (Lipinski definition) is 4. The molecule has 4 atom stereocenters. The van der Waals surface area contributed by atoms with Crippen LogP contribution in [0.3, 0.4) is 0 Å². The van der Waals surface area contributed by atoms with E-state index in [1.807, 2.05) is 33.8 Å². The largest absolute Gasteiger partial charge is 0.493 e. The van der Waals surface area contributed by atoms with Crippen molar-refractivity contribution in [2.45, 2.75) is 112 Å². The first-order chi connectivity index (χ1) is 21.2. The lowest BCUT2D eigenvalue weighted by Gasteiger charge is -2.33. The van der Waals surface area contributed by atoms with Crippen LogP contribution in [-0.4, -0.2) is 74.2 Å². The highest BCUT2D eigenvalue weighted by molar-refractivity contribution is 5.96. The first kappa shape index (κ1) is 40.2. The quantitative estimate of drug-likeness (QED) is 0.127. The van der Waals surface area contributed by atoms with E-state index in [-0.39, 0.29) is 36.0 Å². The number of carbonyl (C=O) groups excluding carboxylic acids is 3. The summed E-state index contributed by atoms with van der Waals surface area (Å²) in [5.41, 5.74) is -0.270. The van der Waals surface area contributed by atoms with E-state index in [9.17, 15) is 19.5 Å². The second-order valence-electron chi connectivity index (χ2n) is 13.5. The zero-order valence-electron chi connectivity index (χ0n) is 29.2. The molecule has 1 aromatic rings. The molecule has 1 aromatic carbocycles. The van der Waals surface area contributed by atoms with Gasteiger partial charge < -0.3 is 35.3 Å². The van der Waals surface area contributed by atoms with Gasteiger partial charge in [-0.3, -0.25) is 9.59 Å². The number of alkyl carbamates (subject to hydrolysis) is 1. The van der Waals surface area contributed by atoms with E-state index in [1.165, 1.54) is 0 Å². The highest BCUT2D eigenvalue weighted by Crippen LogP contribution is 2.25. The first-order valence-electron chi connectivity index (χ1n) is 16.6. The van der Waals surface area contributed by atoms with Gasteiger partial charge >= 0.3 is 6.09 Å². The number of ether oxygens (including phenoxy) is 3. The molecule has 0 heterocycles. The molecule has 0 spiro atoms. The van der Waals surface area contributed by atoms with Crippen LogP contribution in [0.4, 0.5) is 4.79 Å². The molecule has 1 rings (SSSR count). The number of unbranched alkanes of at least 4 members (excludes halogenated alkanes) is 2.